The highest BCUT2D eigenvalue weighted by molar-refractivity contribution is 5.91. The quantitative estimate of drug-likeness (QED) is 0.809. The lowest BCUT2D eigenvalue weighted by Crippen LogP contribution is -2.09. The second kappa shape index (κ2) is 6.82. The highest BCUT2D eigenvalue weighted by Gasteiger charge is 2.19. The molecule has 1 aromatic rings. The Bertz CT molecular complexity index is 472. The van der Waals surface area contributed by atoms with Crippen molar-refractivity contribution >= 4 is 11.9 Å². The van der Waals surface area contributed by atoms with Gasteiger partial charge in [0.1, 0.15) is 0 Å². The van der Waals surface area contributed by atoms with Gasteiger partial charge in [-0.15, -0.1) is 0 Å². The number of hydrogen-bond acceptors (Lipinski definition) is 3. The van der Waals surface area contributed by atoms with Crippen LogP contribution in [0.2, 0.25) is 0 Å². The molecule has 1 N–H and O–H groups in total. The van der Waals surface area contributed by atoms with E-state index in [9.17, 15) is 18.4 Å². The number of hydrogen-bond donors (Lipinski definition) is 1. The van der Waals surface area contributed by atoms with Crippen molar-refractivity contribution in [2.75, 3.05) is 6.61 Å². The highest BCUT2D eigenvalue weighted by Crippen LogP contribution is 2.25. The molecule has 4 nitrogen and oxygen atoms in total. The Hall–Kier alpha value is -1.98. The van der Waals surface area contributed by atoms with Crippen molar-refractivity contribution in [1.82, 2.24) is 0 Å². The van der Waals surface area contributed by atoms with Crippen LogP contribution in [0.4, 0.5) is 8.78 Å². The summed E-state index contributed by atoms with van der Waals surface area (Å²) in [5, 5.41) is 8.54. The van der Waals surface area contributed by atoms with E-state index < -0.39 is 23.9 Å². The number of aryl methyl sites for hydroxylation is 1. The molecule has 0 heterocycles. The molecule has 104 valence electrons. The first kappa shape index (κ1) is 15.1. The van der Waals surface area contributed by atoms with E-state index in [1.54, 1.807) is 6.92 Å². The number of halogens is 2. The fraction of sp³-hybridized carbons (Fsp3) is 0.385. The van der Waals surface area contributed by atoms with Gasteiger partial charge in [0, 0.05) is 12.0 Å². The Kier molecular flexibility index (Phi) is 5.41. The van der Waals surface area contributed by atoms with Gasteiger partial charge in [-0.1, -0.05) is 6.07 Å². The van der Waals surface area contributed by atoms with Crippen molar-refractivity contribution in [3.05, 3.63) is 34.9 Å². The number of benzene rings is 1. The first-order chi connectivity index (χ1) is 8.95. The predicted molar refractivity (Wildman–Crippen MR) is 63.3 cm³/mol. The summed E-state index contributed by atoms with van der Waals surface area (Å²) in [5.41, 5.74) is -0.164. The van der Waals surface area contributed by atoms with E-state index in [-0.39, 0.29) is 25.0 Å². The molecule has 19 heavy (non-hydrogen) atoms. The Balaban J connectivity index is 3.00. The molecule has 6 heteroatoms. The third-order valence-electron chi connectivity index (χ3n) is 2.47. The fourth-order valence-electron chi connectivity index (χ4n) is 1.59. The fourth-order valence-corrected chi connectivity index (χ4v) is 1.59. The zero-order valence-corrected chi connectivity index (χ0v) is 10.4. The van der Waals surface area contributed by atoms with E-state index in [2.05, 4.69) is 0 Å². The van der Waals surface area contributed by atoms with Crippen LogP contribution in [-0.4, -0.2) is 23.7 Å². The van der Waals surface area contributed by atoms with E-state index in [4.69, 9.17) is 9.84 Å². The molecule has 0 spiro atoms. The summed E-state index contributed by atoms with van der Waals surface area (Å²) in [7, 11) is 0. The standard InChI is InChI=1S/C13H14F2O4/c1-2-19-13(18)9-5-3-8(4-6-11(16)17)7-10(9)12(14)15/h3,5,7,12H,2,4,6H2,1H3,(H,16,17). The van der Waals surface area contributed by atoms with E-state index in [1.807, 2.05) is 0 Å². The minimum absolute atomic E-state index is 0.0995. The number of carbonyl (C=O) groups is 2. The molecule has 0 aliphatic carbocycles. The van der Waals surface area contributed by atoms with Crippen molar-refractivity contribution in [3.63, 3.8) is 0 Å². The molecule has 0 fully saturated rings. The Morgan fingerprint density at radius 3 is 2.58 bits per heavy atom. The number of rotatable bonds is 6. The Morgan fingerprint density at radius 2 is 2.05 bits per heavy atom. The van der Waals surface area contributed by atoms with Gasteiger partial charge in [0.05, 0.1) is 12.2 Å². The topological polar surface area (TPSA) is 63.6 Å². The summed E-state index contributed by atoms with van der Waals surface area (Å²) in [6.07, 6.45) is -2.83. The van der Waals surface area contributed by atoms with Gasteiger partial charge in [-0.05, 0) is 31.0 Å². The van der Waals surface area contributed by atoms with Crippen molar-refractivity contribution in [1.29, 1.82) is 0 Å². The Morgan fingerprint density at radius 1 is 1.37 bits per heavy atom. The zero-order chi connectivity index (χ0) is 14.4. The van der Waals surface area contributed by atoms with Crippen molar-refractivity contribution in [2.45, 2.75) is 26.2 Å². The van der Waals surface area contributed by atoms with Gasteiger partial charge in [-0.2, -0.15) is 0 Å². The normalized spacial score (nSPS) is 10.5. The molecule has 0 bridgehead atoms. The van der Waals surface area contributed by atoms with Crippen LogP contribution >= 0.6 is 0 Å². The van der Waals surface area contributed by atoms with Crippen LogP contribution in [-0.2, 0) is 16.0 Å². The van der Waals surface area contributed by atoms with E-state index in [0.717, 1.165) is 6.07 Å². The summed E-state index contributed by atoms with van der Waals surface area (Å²) in [6, 6.07) is 3.86. The lowest BCUT2D eigenvalue weighted by atomic mass is 10.0. The number of carboxylic acids is 1. The maximum atomic E-state index is 12.9. The van der Waals surface area contributed by atoms with Gasteiger partial charge in [0.15, 0.2) is 0 Å². The van der Waals surface area contributed by atoms with E-state index in [0.29, 0.717) is 5.56 Å². The van der Waals surface area contributed by atoms with Gasteiger partial charge in [-0.25, -0.2) is 13.6 Å². The molecule has 1 rings (SSSR count). The lowest BCUT2D eigenvalue weighted by molar-refractivity contribution is -0.136. The van der Waals surface area contributed by atoms with Crippen LogP contribution in [0.1, 0.15) is 41.3 Å². The minimum atomic E-state index is -2.82. The molecule has 0 radical (unpaired) electrons. The summed E-state index contributed by atoms with van der Waals surface area (Å²) >= 11 is 0. The molecule has 0 unspecified atom stereocenters. The summed E-state index contributed by atoms with van der Waals surface area (Å²) in [4.78, 5) is 21.9. The van der Waals surface area contributed by atoms with Gasteiger partial charge >= 0.3 is 11.9 Å². The molecule has 0 aromatic heterocycles. The van der Waals surface area contributed by atoms with Gasteiger partial charge in [-0.3, -0.25) is 4.79 Å². The first-order valence-corrected chi connectivity index (χ1v) is 5.75. The predicted octanol–water partition coefficient (Wildman–Crippen LogP) is 2.82. The zero-order valence-electron chi connectivity index (χ0n) is 10.4. The van der Waals surface area contributed by atoms with Gasteiger partial charge in [0.2, 0.25) is 0 Å². The van der Waals surface area contributed by atoms with Crippen molar-refractivity contribution in [3.8, 4) is 0 Å². The average Bonchev–Trinajstić information content (AvgIpc) is 2.36. The molecular formula is C13H14F2O4. The van der Waals surface area contributed by atoms with Crippen LogP contribution < -0.4 is 0 Å². The van der Waals surface area contributed by atoms with Crippen LogP contribution in [0, 0.1) is 0 Å². The lowest BCUT2D eigenvalue weighted by Gasteiger charge is -2.10. The second-order valence-electron chi connectivity index (χ2n) is 3.84. The second-order valence-corrected chi connectivity index (χ2v) is 3.84. The molecule has 0 amide bonds. The molecule has 0 saturated heterocycles. The van der Waals surface area contributed by atoms with Crippen molar-refractivity contribution in [2.24, 2.45) is 0 Å². The van der Waals surface area contributed by atoms with Crippen LogP contribution in [0.5, 0.6) is 0 Å². The third kappa shape index (κ3) is 4.31. The molecular weight excluding hydrogens is 258 g/mol. The highest BCUT2D eigenvalue weighted by atomic mass is 19.3. The largest absolute Gasteiger partial charge is 0.481 e. The summed E-state index contributed by atoms with van der Waals surface area (Å²) < 4.78 is 30.5. The maximum absolute atomic E-state index is 12.9. The SMILES string of the molecule is CCOC(=O)c1ccc(CCC(=O)O)cc1C(F)F. The van der Waals surface area contributed by atoms with E-state index >= 15 is 0 Å². The average molecular weight is 272 g/mol. The Labute approximate surface area is 109 Å². The monoisotopic (exact) mass is 272 g/mol. The number of carboxylic acid groups (broad SMARTS) is 1. The molecule has 0 saturated carbocycles. The van der Waals surface area contributed by atoms with E-state index in [1.165, 1.54) is 12.1 Å². The number of carbonyl (C=O) groups excluding carboxylic acids is 1. The van der Waals surface area contributed by atoms with Crippen LogP contribution in [0.15, 0.2) is 18.2 Å². The third-order valence-corrected chi connectivity index (χ3v) is 2.47. The molecule has 0 aliphatic rings. The smallest absolute Gasteiger partial charge is 0.338 e. The van der Waals surface area contributed by atoms with Crippen molar-refractivity contribution < 1.29 is 28.2 Å². The summed E-state index contributed by atoms with van der Waals surface area (Å²) in [5.74, 6) is -1.81. The van der Waals surface area contributed by atoms with Gasteiger partial charge < -0.3 is 9.84 Å². The van der Waals surface area contributed by atoms with Crippen LogP contribution in [0.3, 0.4) is 0 Å². The first-order valence-electron chi connectivity index (χ1n) is 5.75. The molecule has 1 aromatic carbocycles. The van der Waals surface area contributed by atoms with Crippen LogP contribution in [0.25, 0.3) is 0 Å². The number of alkyl halides is 2. The summed E-state index contributed by atoms with van der Waals surface area (Å²) in [6.45, 7) is 1.68. The minimum Gasteiger partial charge on any atom is -0.481 e. The number of aliphatic carboxylic acids is 1. The molecule has 0 aliphatic heterocycles. The maximum Gasteiger partial charge on any atom is 0.338 e. The number of ether oxygens (including phenoxy) is 1. The van der Waals surface area contributed by atoms with Gasteiger partial charge in [0.25, 0.3) is 6.43 Å². The molecule has 0 atom stereocenters. The number of esters is 1.